The molecule has 0 bridgehead atoms. The molecule has 2 aliphatic heterocycles. The van der Waals surface area contributed by atoms with Gasteiger partial charge < -0.3 is 30.5 Å². The van der Waals surface area contributed by atoms with Gasteiger partial charge in [0, 0.05) is 32.7 Å². The van der Waals surface area contributed by atoms with Crippen LogP contribution in [0, 0.1) is 0 Å². The summed E-state index contributed by atoms with van der Waals surface area (Å²) in [5, 5.41) is 13.2. The third kappa shape index (κ3) is 4.08. The van der Waals surface area contributed by atoms with Gasteiger partial charge >= 0.3 is 0 Å². The molecule has 4 N–H and O–H groups in total. The van der Waals surface area contributed by atoms with Crippen LogP contribution in [0.25, 0.3) is 0 Å². The predicted molar refractivity (Wildman–Crippen MR) is 91.7 cm³/mol. The quantitative estimate of drug-likeness (QED) is 0.610. The van der Waals surface area contributed by atoms with Crippen molar-refractivity contribution < 1.29 is 24.2 Å². The number of amides is 2. The van der Waals surface area contributed by atoms with E-state index in [1.807, 2.05) is 4.90 Å². The third-order valence-corrected chi connectivity index (χ3v) is 4.69. The van der Waals surface area contributed by atoms with Crippen LogP contribution in [0.4, 0.5) is 0 Å². The number of primary amides is 1. The van der Waals surface area contributed by atoms with Crippen LogP contribution in [-0.4, -0.2) is 66.4 Å². The van der Waals surface area contributed by atoms with Crippen molar-refractivity contribution in [2.75, 3.05) is 26.8 Å². The Labute approximate surface area is 152 Å². The average molecular weight is 374 g/mol. The number of allylic oxidation sites excluding steroid dienone is 1. The highest BCUT2D eigenvalue weighted by molar-refractivity contribution is 5.86. The number of rotatable bonds is 3. The average Bonchev–Trinajstić information content (AvgIpc) is 2.56. The van der Waals surface area contributed by atoms with Gasteiger partial charge in [-0.1, -0.05) is 0 Å². The molecule has 0 saturated carbocycles. The monoisotopic (exact) mass is 373 g/mol. The van der Waals surface area contributed by atoms with Gasteiger partial charge in [-0.15, -0.1) is 12.4 Å². The fourth-order valence-electron chi connectivity index (χ4n) is 3.13. The van der Waals surface area contributed by atoms with Gasteiger partial charge in [-0.25, -0.2) is 0 Å². The molecule has 2 unspecified atom stereocenters. The zero-order valence-electron chi connectivity index (χ0n) is 14.1. The Bertz CT molecular complexity index is 603. The van der Waals surface area contributed by atoms with E-state index in [4.69, 9.17) is 15.2 Å². The number of ether oxygens (including phenoxy) is 2. The van der Waals surface area contributed by atoms with Crippen molar-refractivity contribution in [2.24, 2.45) is 5.73 Å². The highest BCUT2D eigenvalue weighted by atomic mass is 35.5. The summed E-state index contributed by atoms with van der Waals surface area (Å²) >= 11 is 0. The summed E-state index contributed by atoms with van der Waals surface area (Å²) in [5.74, 6) is -0.482. The molecular weight excluding hydrogens is 350 g/mol. The fourth-order valence-corrected chi connectivity index (χ4v) is 3.13. The second-order valence-electron chi connectivity index (χ2n) is 6.49. The molecule has 2 atom stereocenters. The van der Waals surface area contributed by atoms with Crippen molar-refractivity contribution in [3.05, 3.63) is 23.6 Å². The number of nitrogens with one attached hydrogen (secondary N) is 1. The first-order valence-corrected chi connectivity index (χ1v) is 8.09. The molecule has 25 heavy (non-hydrogen) atoms. The Balaban J connectivity index is 0.00000225. The van der Waals surface area contributed by atoms with E-state index in [1.54, 1.807) is 7.05 Å². The molecular formula is C16H24ClN3O5. The predicted octanol–water partition coefficient (Wildman–Crippen LogP) is -0.578. The minimum atomic E-state index is -1.71. The second-order valence-corrected chi connectivity index (χ2v) is 6.49. The molecule has 2 heterocycles. The van der Waals surface area contributed by atoms with Crippen LogP contribution in [-0.2, 0) is 19.1 Å². The highest BCUT2D eigenvalue weighted by Crippen LogP contribution is 2.33. The molecule has 1 saturated heterocycles. The summed E-state index contributed by atoms with van der Waals surface area (Å²) < 4.78 is 11.1. The van der Waals surface area contributed by atoms with Gasteiger partial charge in [0.2, 0.25) is 0 Å². The first-order valence-electron chi connectivity index (χ1n) is 8.09. The van der Waals surface area contributed by atoms with Crippen LogP contribution < -0.4 is 11.1 Å². The van der Waals surface area contributed by atoms with Crippen LogP contribution in [0.15, 0.2) is 23.6 Å². The third-order valence-electron chi connectivity index (χ3n) is 4.69. The van der Waals surface area contributed by atoms with Gasteiger partial charge in [0.05, 0.1) is 12.2 Å². The van der Waals surface area contributed by atoms with Gasteiger partial charge in [-0.05, 0) is 25.0 Å². The summed E-state index contributed by atoms with van der Waals surface area (Å²) in [7, 11) is 1.80. The van der Waals surface area contributed by atoms with E-state index in [-0.39, 0.29) is 30.8 Å². The minimum absolute atomic E-state index is 0. The number of carbonyl (C=O) groups is 2. The van der Waals surface area contributed by atoms with E-state index >= 15 is 0 Å². The zero-order valence-corrected chi connectivity index (χ0v) is 14.9. The molecule has 0 aromatic heterocycles. The molecule has 0 aromatic rings. The standard InChI is InChI=1S/C16H23N3O5.ClH/c1-19-9-13(14(20)18-10-3-6-23-7-4-10)24-12-2-5-16(22,15(17)21)8-11(12)19;/h2,5,10,13,22H,3-4,6-9H2,1H3,(H2,17,21)(H,18,20);1H. The summed E-state index contributed by atoms with van der Waals surface area (Å²) in [5.41, 5.74) is 4.20. The highest BCUT2D eigenvalue weighted by Gasteiger charge is 2.41. The number of halogens is 1. The van der Waals surface area contributed by atoms with Crippen molar-refractivity contribution in [1.82, 2.24) is 10.2 Å². The molecule has 0 spiro atoms. The lowest BCUT2D eigenvalue weighted by Gasteiger charge is -2.39. The van der Waals surface area contributed by atoms with Gasteiger partial charge in [-0.3, -0.25) is 9.59 Å². The lowest BCUT2D eigenvalue weighted by molar-refractivity contribution is -0.136. The van der Waals surface area contributed by atoms with E-state index < -0.39 is 17.6 Å². The molecule has 0 aromatic carbocycles. The van der Waals surface area contributed by atoms with E-state index in [2.05, 4.69) is 5.32 Å². The minimum Gasteiger partial charge on any atom is -0.477 e. The Morgan fingerprint density at radius 3 is 2.72 bits per heavy atom. The van der Waals surface area contributed by atoms with Gasteiger partial charge in [0.15, 0.2) is 11.7 Å². The summed E-state index contributed by atoms with van der Waals surface area (Å²) in [6.45, 7) is 1.65. The molecule has 1 fully saturated rings. The van der Waals surface area contributed by atoms with Crippen molar-refractivity contribution in [3.8, 4) is 0 Å². The van der Waals surface area contributed by atoms with E-state index in [0.29, 0.717) is 31.2 Å². The summed E-state index contributed by atoms with van der Waals surface area (Å²) in [6.07, 6.45) is 3.83. The molecule has 3 aliphatic rings. The number of nitrogens with zero attached hydrogens (tertiary/aromatic N) is 1. The lowest BCUT2D eigenvalue weighted by atomic mass is 9.90. The topological polar surface area (TPSA) is 114 Å². The molecule has 2 amide bonds. The molecule has 1 aliphatic carbocycles. The largest absolute Gasteiger partial charge is 0.477 e. The van der Waals surface area contributed by atoms with Crippen molar-refractivity contribution in [3.63, 3.8) is 0 Å². The van der Waals surface area contributed by atoms with Crippen LogP contribution in [0.1, 0.15) is 19.3 Å². The number of nitrogens with two attached hydrogens (primary N) is 1. The number of aliphatic hydroxyl groups is 1. The van der Waals surface area contributed by atoms with Crippen LogP contribution >= 0.6 is 12.4 Å². The number of likely N-dealkylation sites (N-methyl/N-ethyl adjacent to an activating group) is 1. The van der Waals surface area contributed by atoms with Gasteiger partial charge in [-0.2, -0.15) is 0 Å². The Morgan fingerprint density at radius 1 is 1.40 bits per heavy atom. The lowest BCUT2D eigenvalue weighted by Crippen LogP contribution is -2.52. The first-order chi connectivity index (χ1) is 11.4. The Kier molecular flexibility index (Phi) is 5.97. The molecule has 0 radical (unpaired) electrons. The normalized spacial score (nSPS) is 29.4. The molecule has 9 heteroatoms. The summed E-state index contributed by atoms with van der Waals surface area (Å²) in [4.78, 5) is 25.7. The number of carbonyl (C=O) groups excluding carboxylic acids is 2. The van der Waals surface area contributed by atoms with Crippen LogP contribution in [0.3, 0.4) is 0 Å². The van der Waals surface area contributed by atoms with E-state index in [1.165, 1.54) is 12.2 Å². The smallest absolute Gasteiger partial charge is 0.263 e. The van der Waals surface area contributed by atoms with E-state index in [0.717, 1.165) is 12.8 Å². The van der Waals surface area contributed by atoms with Gasteiger partial charge in [0.1, 0.15) is 5.76 Å². The van der Waals surface area contributed by atoms with Crippen molar-refractivity contribution in [2.45, 2.75) is 37.0 Å². The van der Waals surface area contributed by atoms with Gasteiger partial charge in [0.25, 0.3) is 11.8 Å². The number of hydrogen-bond donors (Lipinski definition) is 3. The zero-order chi connectivity index (χ0) is 17.3. The maximum Gasteiger partial charge on any atom is 0.263 e. The van der Waals surface area contributed by atoms with Crippen LogP contribution in [0.2, 0.25) is 0 Å². The Morgan fingerprint density at radius 2 is 2.08 bits per heavy atom. The van der Waals surface area contributed by atoms with Crippen molar-refractivity contribution in [1.29, 1.82) is 0 Å². The maximum atomic E-state index is 12.4. The van der Waals surface area contributed by atoms with Crippen molar-refractivity contribution >= 4 is 24.2 Å². The molecule has 3 rings (SSSR count). The van der Waals surface area contributed by atoms with E-state index in [9.17, 15) is 14.7 Å². The summed E-state index contributed by atoms with van der Waals surface area (Å²) in [6, 6.07) is 0.109. The first kappa shape index (κ1) is 19.6. The van der Waals surface area contributed by atoms with Crippen LogP contribution in [0.5, 0.6) is 0 Å². The fraction of sp³-hybridized carbons (Fsp3) is 0.625. The maximum absolute atomic E-state index is 12.4. The molecule has 140 valence electrons. The second kappa shape index (κ2) is 7.63. The Hall–Kier alpha value is -1.77. The molecule has 8 nitrogen and oxygen atoms in total. The SMILES string of the molecule is CN1CC(C(=O)NC2CCOCC2)OC2=C1CC(O)(C(N)=O)C=C2.Cl. The number of hydrogen-bond acceptors (Lipinski definition) is 6.